The average molecular weight is 318 g/mol. The molecule has 1 fully saturated rings. The smallest absolute Gasteiger partial charge is 0.156 e. The van der Waals surface area contributed by atoms with Crippen molar-refractivity contribution in [2.75, 3.05) is 32.8 Å². The van der Waals surface area contributed by atoms with Crippen LogP contribution in [0.15, 0.2) is 18.2 Å². The predicted octanol–water partition coefficient (Wildman–Crippen LogP) is 3.47. The molecule has 0 amide bonds. The Labute approximate surface area is 130 Å². The number of hydrogen-bond acceptors (Lipinski definition) is 3. The van der Waals surface area contributed by atoms with Crippen molar-refractivity contribution in [3.8, 4) is 5.75 Å². The maximum Gasteiger partial charge on any atom is 0.156 e. The van der Waals surface area contributed by atoms with Gasteiger partial charge in [-0.2, -0.15) is 0 Å². The molecule has 1 aromatic carbocycles. The van der Waals surface area contributed by atoms with Crippen LogP contribution in [0.4, 0.5) is 0 Å². The Hall–Kier alpha value is -0.480. The summed E-state index contributed by atoms with van der Waals surface area (Å²) in [5, 5.41) is 10.1. The molecular formula is C15H21Cl2NO2. The Morgan fingerprint density at radius 1 is 1.30 bits per heavy atom. The summed E-state index contributed by atoms with van der Waals surface area (Å²) in [5.74, 6) is 1.18. The van der Waals surface area contributed by atoms with Gasteiger partial charge in [-0.1, -0.05) is 29.3 Å². The van der Waals surface area contributed by atoms with Crippen molar-refractivity contribution in [3.63, 3.8) is 0 Å². The van der Waals surface area contributed by atoms with Crippen molar-refractivity contribution in [2.45, 2.75) is 19.3 Å². The molecule has 0 aliphatic carbocycles. The summed E-state index contributed by atoms with van der Waals surface area (Å²) in [6, 6.07) is 5.36. The van der Waals surface area contributed by atoms with Crippen LogP contribution in [0.1, 0.15) is 19.3 Å². The highest BCUT2D eigenvalue weighted by Gasteiger charge is 2.19. The molecule has 0 radical (unpaired) electrons. The fourth-order valence-electron chi connectivity index (χ4n) is 2.67. The maximum atomic E-state index is 9.02. The lowest BCUT2D eigenvalue weighted by Crippen LogP contribution is -2.38. The van der Waals surface area contributed by atoms with Gasteiger partial charge in [-0.05, 0) is 43.9 Å². The third kappa shape index (κ3) is 4.52. The van der Waals surface area contributed by atoms with Gasteiger partial charge in [0.25, 0.3) is 0 Å². The minimum Gasteiger partial charge on any atom is -0.489 e. The molecule has 0 bridgehead atoms. The third-order valence-electron chi connectivity index (χ3n) is 3.71. The molecule has 0 saturated carbocycles. The van der Waals surface area contributed by atoms with E-state index in [9.17, 15) is 0 Å². The molecule has 112 valence electrons. The fourth-order valence-corrected chi connectivity index (χ4v) is 3.18. The Balaban J connectivity index is 1.78. The molecule has 1 unspecified atom stereocenters. The minimum absolute atomic E-state index is 0.282. The number of piperidine rings is 1. The SMILES string of the molecule is OCCC1CCCN(CCOc2c(Cl)cccc2Cl)C1. The van der Waals surface area contributed by atoms with E-state index in [1.165, 1.54) is 12.8 Å². The molecular weight excluding hydrogens is 297 g/mol. The van der Waals surface area contributed by atoms with E-state index in [2.05, 4.69) is 4.90 Å². The monoisotopic (exact) mass is 317 g/mol. The van der Waals surface area contributed by atoms with Crippen molar-refractivity contribution in [2.24, 2.45) is 5.92 Å². The number of ether oxygens (including phenoxy) is 1. The molecule has 0 aromatic heterocycles. The second-order valence-electron chi connectivity index (χ2n) is 5.22. The Bertz CT molecular complexity index is 406. The van der Waals surface area contributed by atoms with Gasteiger partial charge in [0.05, 0.1) is 10.0 Å². The molecule has 20 heavy (non-hydrogen) atoms. The quantitative estimate of drug-likeness (QED) is 0.872. The van der Waals surface area contributed by atoms with Crippen LogP contribution in [0.3, 0.4) is 0 Å². The first-order chi connectivity index (χ1) is 9.70. The summed E-state index contributed by atoms with van der Waals surface area (Å²) < 4.78 is 5.71. The van der Waals surface area contributed by atoms with Gasteiger partial charge in [0.2, 0.25) is 0 Å². The number of benzene rings is 1. The van der Waals surface area contributed by atoms with Crippen molar-refractivity contribution in [3.05, 3.63) is 28.2 Å². The lowest BCUT2D eigenvalue weighted by atomic mass is 9.95. The van der Waals surface area contributed by atoms with Crippen LogP contribution >= 0.6 is 23.2 Å². The van der Waals surface area contributed by atoms with Crippen LogP contribution < -0.4 is 4.74 Å². The van der Waals surface area contributed by atoms with E-state index in [4.69, 9.17) is 33.0 Å². The zero-order valence-corrected chi connectivity index (χ0v) is 13.0. The lowest BCUT2D eigenvalue weighted by Gasteiger charge is -2.32. The number of likely N-dealkylation sites (tertiary alicyclic amines) is 1. The van der Waals surface area contributed by atoms with E-state index >= 15 is 0 Å². The van der Waals surface area contributed by atoms with E-state index in [0.29, 0.717) is 28.3 Å². The molecule has 0 spiro atoms. The fraction of sp³-hybridized carbons (Fsp3) is 0.600. The van der Waals surface area contributed by atoms with Crippen molar-refractivity contribution in [1.29, 1.82) is 0 Å². The lowest BCUT2D eigenvalue weighted by molar-refractivity contribution is 0.129. The molecule has 2 rings (SSSR count). The molecule has 5 heteroatoms. The van der Waals surface area contributed by atoms with Gasteiger partial charge < -0.3 is 9.84 Å². The Kier molecular flexibility index (Phi) is 6.43. The Morgan fingerprint density at radius 2 is 2.05 bits per heavy atom. The average Bonchev–Trinajstić information content (AvgIpc) is 2.43. The zero-order chi connectivity index (χ0) is 14.4. The van der Waals surface area contributed by atoms with Crippen molar-refractivity contribution >= 4 is 23.2 Å². The van der Waals surface area contributed by atoms with Gasteiger partial charge >= 0.3 is 0 Å². The second kappa shape index (κ2) is 8.08. The van der Waals surface area contributed by atoms with Gasteiger partial charge in [-0.25, -0.2) is 0 Å². The van der Waals surface area contributed by atoms with E-state index in [0.717, 1.165) is 26.1 Å². The number of para-hydroxylation sites is 1. The summed E-state index contributed by atoms with van der Waals surface area (Å²) in [5.41, 5.74) is 0. The van der Waals surface area contributed by atoms with Crippen LogP contribution in [0.25, 0.3) is 0 Å². The molecule has 1 aliphatic heterocycles. The normalized spacial score (nSPS) is 20.1. The standard InChI is InChI=1S/C15H21Cl2NO2/c16-13-4-1-5-14(17)15(13)20-10-8-18-7-2-3-12(11-18)6-9-19/h1,4-5,12,19H,2-3,6-11H2. The molecule has 1 N–H and O–H groups in total. The van der Waals surface area contributed by atoms with Gasteiger partial charge in [0.15, 0.2) is 5.75 Å². The zero-order valence-electron chi connectivity index (χ0n) is 11.5. The van der Waals surface area contributed by atoms with Crippen LogP contribution in [-0.4, -0.2) is 42.9 Å². The first-order valence-corrected chi connectivity index (χ1v) is 7.86. The minimum atomic E-state index is 0.282. The van der Waals surface area contributed by atoms with Crippen molar-refractivity contribution in [1.82, 2.24) is 4.90 Å². The number of rotatable bonds is 6. The summed E-state index contributed by atoms with van der Waals surface area (Å²) >= 11 is 12.1. The largest absolute Gasteiger partial charge is 0.489 e. The summed E-state index contributed by atoms with van der Waals surface area (Å²) in [4.78, 5) is 2.38. The summed E-state index contributed by atoms with van der Waals surface area (Å²) in [6.07, 6.45) is 3.31. The third-order valence-corrected chi connectivity index (χ3v) is 4.31. The summed E-state index contributed by atoms with van der Waals surface area (Å²) in [7, 11) is 0. The maximum absolute atomic E-state index is 9.02. The highest BCUT2D eigenvalue weighted by Crippen LogP contribution is 2.32. The number of aliphatic hydroxyl groups excluding tert-OH is 1. The molecule has 1 aliphatic rings. The summed E-state index contributed by atoms with van der Waals surface area (Å²) in [6.45, 7) is 3.87. The molecule has 3 nitrogen and oxygen atoms in total. The molecule has 1 heterocycles. The van der Waals surface area contributed by atoms with E-state index < -0.39 is 0 Å². The van der Waals surface area contributed by atoms with Crippen LogP contribution in [0.5, 0.6) is 5.75 Å². The van der Waals surface area contributed by atoms with E-state index in [-0.39, 0.29) is 6.61 Å². The van der Waals surface area contributed by atoms with E-state index in [1.54, 1.807) is 12.1 Å². The van der Waals surface area contributed by atoms with Gasteiger partial charge in [-0.3, -0.25) is 4.90 Å². The number of nitrogens with zero attached hydrogens (tertiary/aromatic N) is 1. The van der Waals surface area contributed by atoms with Crippen LogP contribution in [0, 0.1) is 5.92 Å². The number of halogens is 2. The first kappa shape index (κ1) is 15.9. The Morgan fingerprint density at radius 3 is 2.75 bits per heavy atom. The van der Waals surface area contributed by atoms with Gasteiger partial charge in [0, 0.05) is 19.7 Å². The molecule has 1 aromatic rings. The highest BCUT2D eigenvalue weighted by molar-refractivity contribution is 6.37. The molecule has 1 atom stereocenters. The topological polar surface area (TPSA) is 32.7 Å². The number of aliphatic hydroxyl groups is 1. The van der Waals surface area contributed by atoms with E-state index in [1.807, 2.05) is 6.07 Å². The van der Waals surface area contributed by atoms with Crippen LogP contribution in [-0.2, 0) is 0 Å². The van der Waals surface area contributed by atoms with Gasteiger partial charge in [0.1, 0.15) is 6.61 Å². The molecule has 1 saturated heterocycles. The van der Waals surface area contributed by atoms with Crippen molar-refractivity contribution < 1.29 is 9.84 Å². The second-order valence-corrected chi connectivity index (χ2v) is 6.03. The van der Waals surface area contributed by atoms with Crippen LogP contribution in [0.2, 0.25) is 10.0 Å². The van der Waals surface area contributed by atoms with Gasteiger partial charge in [-0.15, -0.1) is 0 Å². The predicted molar refractivity (Wildman–Crippen MR) is 82.8 cm³/mol. The first-order valence-electron chi connectivity index (χ1n) is 7.10. The number of hydrogen-bond donors (Lipinski definition) is 1. The highest BCUT2D eigenvalue weighted by atomic mass is 35.5.